The number of carbonyl (C=O) groups is 2. The summed E-state index contributed by atoms with van der Waals surface area (Å²) in [6.07, 6.45) is 0. The van der Waals surface area contributed by atoms with E-state index in [9.17, 15) is 9.59 Å². The molecule has 0 bridgehead atoms. The van der Waals surface area contributed by atoms with E-state index < -0.39 is 0 Å². The Balaban J connectivity index is 2.12. The molecule has 0 aliphatic rings. The zero-order valence-electron chi connectivity index (χ0n) is 12.7. The van der Waals surface area contributed by atoms with Crippen molar-refractivity contribution in [3.8, 4) is 6.07 Å². The largest absolute Gasteiger partial charge is 0.325 e. The molecule has 0 aliphatic carbocycles. The second kappa shape index (κ2) is 7.82. The summed E-state index contributed by atoms with van der Waals surface area (Å²) in [7, 11) is 0. The lowest BCUT2D eigenvalue weighted by Gasteiger charge is -2.21. The van der Waals surface area contributed by atoms with E-state index in [1.165, 1.54) is 17.9 Å². The molecular formula is C17H13Cl2N3O2. The van der Waals surface area contributed by atoms with E-state index in [4.69, 9.17) is 28.5 Å². The van der Waals surface area contributed by atoms with Gasteiger partial charge in [0.15, 0.2) is 0 Å². The number of amides is 2. The lowest BCUT2D eigenvalue weighted by molar-refractivity contribution is -0.120. The van der Waals surface area contributed by atoms with Gasteiger partial charge >= 0.3 is 0 Å². The first kappa shape index (κ1) is 17.8. The number of nitriles is 1. The Hall–Kier alpha value is -2.55. The zero-order valence-corrected chi connectivity index (χ0v) is 14.2. The van der Waals surface area contributed by atoms with Crippen molar-refractivity contribution in [1.29, 1.82) is 5.26 Å². The van der Waals surface area contributed by atoms with Crippen LogP contribution in [0.1, 0.15) is 12.5 Å². The Bertz CT molecular complexity index is 814. The lowest BCUT2D eigenvalue weighted by Crippen LogP contribution is -2.36. The number of nitrogens with one attached hydrogen (secondary N) is 1. The fourth-order valence-corrected chi connectivity index (χ4v) is 2.30. The van der Waals surface area contributed by atoms with Gasteiger partial charge in [-0.1, -0.05) is 23.2 Å². The van der Waals surface area contributed by atoms with Crippen LogP contribution in [0.15, 0.2) is 42.5 Å². The SMILES string of the molecule is CC(=O)N(CC(=O)Nc1ccc(C#N)cc1)c1ccc(Cl)c(Cl)c1. The van der Waals surface area contributed by atoms with Gasteiger partial charge in [-0.25, -0.2) is 0 Å². The fraction of sp³-hybridized carbons (Fsp3) is 0.118. The van der Waals surface area contributed by atoms with Gasteiger partial charge in [0, 0.05) is 18.3 Å². The molecule has 0 atom stereocenters. The molecule has 2 amide bonds. The van der Waals surface area contributed by atoms with Crippen molar-refractivity contribution in [2.75, 3.05) is 16.8 Å². The van der Waals surface area contributed by atoms with Crippen molar-refractivity contribution in [2.45, 2.75) is 6.92 Å². The summed E-state index contributed by atoms with van der Waals surface area (Å²) in [4.78, 5) is 25.3. The van der Waals surface area contributed by atoms with Gasteiger partial charge in [-0.15, -0.1) is 0 Å². The molecule has 0 saturated carbocycles. The van der Waals surface area contributed by atoms with Crippen LogP contribution >= 0.6 is 23.2 Å². The highest BCUT2D eigenvalue weighted by molar-refractivity contribution is 6.42. The molecule has 0 unspecified atom stereocenters. The van der Waals surface area contributed by atoms with Crippen molar-refractivity contribution < 1.29 is 9.59 Å². The number of hydrogen-bond acceptors (Lipinski definition) is 3. The number of benzene rings is 2. The van der Waals surface area contributed by atoms with E-state index in [0.717, 1.165) is 0 Å². The second-order valence-corrected chi connectivity index (χ2v) is 5.76. The molecule has 0 aromatic heterocycles. The molecule has 0 aliphatic heterocycles. The summed E-state index contributed by atoms with van der Waals surface area (Å²) in [6, 6.07) is 13.1. The maximum atomic E-state index is 12.2. The normalized spacial score (nSPS) is 9.92. The van der Waals surface area contributed by atoms with E-state index >= 15 is 0 Å². The molecular weight excluding hydrogens is 349 g/mol. The Kier molecular flexibility index (Phi) is 5.80. The van der Waals surface area contributed by atoms with Crippen LogP contribution in [-0.2, 0) is 9.59 Å². The maximum absolute atomic E-state index is 12.2. The van der Waals surface area contributed by atoms with E-state index in [2.05, 4.69) is 5.32 Å². The van der Waals surface area contributed by atoms with Crippen LogP contribution in [0.4, 0.5) is 11.4 Å². The lowest BCUT2D eigenvalue weighted by atomic mass is 10.2. The molecule has 2 rings (SSSR count). The first-order valence-corrected chi connectivity index (χ1v) is 7.69. The topological polar surface area (TPSA) is 73.2 Å². The minimum atomic E-state index is -0.374. The third-order valence-electron chi connectivity index (χ3n) is 3.19. The smallest absolute Gasteiger partial charge is 0.244 e. The van der Waals surface area contributed by atoms with E-state index in [-0.39, 0.29) is 18.4 Å². The highest BCUT2D eigenvalue weighted by Crippen LogP contribution is 2.27. The predicted molar refractivity (Wildman–Crippen MR) is 94.3 cm³/mol. The molecule has 24 heavy (non-hydrogen) atoms. The first-order valence-electron chi connectivity index (χ1n) is 6.94. The number of rotatable bonds is 4. The van der Waals surface area contributed by atoms with Crippen molar-refractivity contribution >= 4 is 46.4 Å². The molecule has 0 heterocycles. The monoisotopic (exact) mass is 361 g/mol. The van der Waals surface area contributed by atoms with Gasteiger partial charge < -0.3 is 10.2 Å². The molecule has 0 saturated heterocycles. The second-order valence-electron chi connectivity index (χ2n) is 4.94. The predicted octanol–water partition coefficient (Wildman–Crippen LogP) is 3.86. The average molecular weight is 362 g/mol. The summed E-state index contributed by atoms with van der Waals surface area (Å²) < 4.78 is 0. The van der Waals surface area contributed by atoms with Crippen molar-refractivity contribution in [3.05, 3.63) is 58.1 Å². The van der Waals surface area contributed by atoms with Gasteiger partial charge in [0.2, 0.25) is 11.8 Å². The molecule has 122 valence electrons. The van der Waals surface area contributed by atoms with Crippen molar-refractivity contribution in [2.24, 2.45) is 0 Å². The highest BCUT2D eigenvalue weighted by Gasteiger charge is 2.17. The van der Waals surface area contributed by atoms with Gasteiger partial charge in [0.25, 0.3) is 0 Å². The highest BCUT2D eigenvalue weighted by atomic mass is 35.5. The van der Waals surface area contributed by atoms with E-state index in [0.29, 0.717) is 27.0 Å². The molecule has 2 aromatic rings. The molecule has 1 N–H and O–H groups in total. The standard InChI is InChI=1S/C17H13Cl2N3O2/c1-11(23)22(14-6-7-15(18)16(19)8-14)10-17(24)21-13-4-2-12(9-20)3-5-13/h2-8H,10H2,1H3,(H,21,24). The summed E-state index contributed by atoms with van der Waals surface area (Å²) >= 11 is 11.8. The third kappa shape index (κ3) is 4.48. The molecule has 0 radical (unpaired) electrons. The Morgan fingerprint density at radius 3 is 2.33 bits per heavy atom. The van der Waals surface area contributed by atoms with Crippen LogP contribution in [0.3, 0.4) is 0 Å². The third-order valence-corrected chi connectivity index (χ3v) is 3.93. The number of anilines is 2. The van der Waals surface area contributed by atoms with Crippen molar-refractivity contribution in [3.63, 3.8) is 0 Å². The number of nitrogens with zero attached hydrogens (tertiary/aromatic N) is 2. The average Bonchev–Trinajstić information content (AvgIpc) is 2.56. The number of carbonyl (C=O) groups excluding carboxylic acids is 2. The summed E-state index contributed by atoms with van der Waals surface area (Å²) in [5, 5.41) is 12.1. The maximum Gasteiger partial charge on any atom is 0.244 e. The van der Waals surface area contributed by atoms with Crippen LogP contribution in [0.25, 0.3) is 0 Å². The summed E-state index contributed by atoms with van der Waals surface area (Å²) in [5.41, 5.74) is 1.51. The van der Waals surface area contributed by atoms with Gasteiger partial charge in [-0.2, -0.15) is 5.26 Å². The van der Waals surface area contributed by atoms with Crippen LogP contribution in [-0.4, -0.2) is 18.4 Å². The Morgan fingerprint density at radius 1 is 1.12 bits per heavy atom. The number of hydrogen-bond donors (Lipinski definition) is 1. The van der Waals surface area contributed by atoms with Gasteiger partial charge in [0.05, 0.1) is 21.7 Å². The number of halogens is 2. The van der Waals surface area contributed by atoms with Crippen LogP contribution in [0.2, 0.25) is 10.0 Å². The summed E-state index contributed by atoms with van der Waals surface area (Å²) in [5.74, 6) is -0.677. The summed E-state index contributed by atoms with van der Waals surface area (Å²) in [6.45, 7) is 1.19. The zero-order chi connectivity index (χ0) is 17.7. The Morgan fingerprint density at radius 2 is 1.79 bits per heavy atom. The molecule has 0 fully saturated rings. The van der Waals surface area contributed by atoms with Crippen LogP contribution in [0.5, 0.6) is 0 Å². The van der Waals surface area contributed by atoms with Crippen molar-refractivity contribution in [1.82, 2.24) is 0 Å². The quantitative estimate of drug-likeness (QED) is 0.898. The molecule has 7 heteroatoms. The van der Waals surface area contributed by atoms with Crippen LogP contribution in [0, 0.1) is 11.3 Å². The minimum absolute atomic E-state index is 0.173. The van der Waals surface area contributed by atoms with E-state index in [1.54, 1.807) is 36.4 Å². The fourth-order valence-electron chi connectivity index (χ4n) is 2.01. The first-order chi connectivity index (χ1) is 11.4. The molecule has 2 aromatic carbocycles. The van der Waals surface area contributed by atoms with Gasteiger partial charge in [-0.05, 0) is 42.5 Å². The van der Waals surface area contributed by atoms with E-state index in [1.807, 2.05) is 6.07 Å². The molecule has 5 nitrogen and oxygen atoms in total. The Labute approximate surface area is 149 Å². The minimum Gasteiger partial charge on any atom is -0.325 e. The van der Waals surface area contributed by atoms with Gasteiger partial charge in [0.1, 0.15) is 6.54 Å². The molecule has 0 spiro atoms. The van der Waals surface area contributed by atoms with Crippen LogP contribution < -0.4 is 10.2 Å². The van der Waals surface area contributed by atoms with Gasteiger partial charge in [-0.3, -0.25) is 9.59 Å².